The van der Waals surface area contributed by atoms with Crippen LogP contribution >= 0.6 is 11.6 Å². The average Bonchev–Trinajstić information content (AvgIpc) is 2.38. The minimum absolute atomic E-state index is 0.631. The SMILES string of the molecule is COCCOCCNCc1ccc(OC)c(Cl)c1. The number of benzene rings is 1. The van der Waals surface area contributed by atoms with Gasteiger partial charge in [-0.1, -0.05) is 17.7 Å². The minimum atomic E-state index is 0.631. The Balaban J connectivity index is 2.17. The lowest BCUT2D eigenvalue weighted by molar-refractivity contribution is 0.0719. The molecule has 1 N–H and O–H groups in total. The minimum Gasteiger partial charge on any atom is -0.495 e. The van der Waals surface area contributed by atoms with E-state index in [1.165, 1.54) is 0 Å². The summed E-state index contributed by atoms with van der Waals surface area (Å²) in [4.78, 5) is 0. The summed E-state index contributed by atoms with van der Waals surface area (Å²) in [6.45, 7) is 3.50. The van der Waals surface area contributed by atoms with Gasteiger partial charge in [-0.05, 0) is 17.7 Å². The van der Waals surface area contributed by atoms with Gasteiger partial charge >= 0.3 is 0 Å². The summed E-state index contributed by atoms with van der Waals surface area (Å²) >= 11 is 6.04. The molecule has 1 rings (SSSR count). The highest BCUT2D eigenvalue weighted by Crippen LogP contribution is 2.24. The maximum Gasteiger partial charge on any atom is 0.137 e. The number of rotatable bonds is 9. The zero-order valence-corrected chi connectivity index (χ0v) is 11.6. The van der Waals surface area contributed by atoms with E-state index in [1.807, 2.05) is 18.2 Å². The third kappa shape index (κ3) is 5.69. The number of methoxy groups -OCH3 is 2. The van der Waals surface area contributed by atoms with E-state index >= 15 is 0 Å². The van der Waals surface area contributed by atoms with Crippen molar-refractivity contribution in [3.05, 3.63) is 28.8 Å². The van der Waals surface area contributed by atoms with Crippen molar-refractivity contribution in [2.45, 2.75) is 6.54 Å². The fraction of sp³-hybridized carbons (Fsp3) is 0.538. The van der Waals surface area contributed by atoms with Gasteiger partial charge in [-0.2, -0.15) is 0 Å². The highest BCUT2D eigenvalue weighted by atomic mass is 35.5. The molecule has 0 amide bonds. The maximum atomic E-state index is 6.04. The van der Waals surface area contributed by atoms with Crippen molar-refractivity contribution in [1.29, 1.82) is 0 Å². The third-order valence-electron chi connectivity index (χ3n) is 2.40. The van der Waals surface area contributed by atoms with Crippen LogP contribution in [0.2, 0.25) is 5.02 Å². The first-order valence-corrected chi connectivity index (χ1v) is 6.25. The van der Waals surface area contributed by atoms with Crippen LogP contribution in [0.4, 0.5) is 0 Å². The molecule has 0 fully saturated rings. The van der Waals surface area contributed by atoms with E-state index in [-0.39, 0.29) is 0 Å². The molecule has 1 aromatic rings. The number of nitrogens with one attached hydrogen (secondary N) is 1. The molecule has 0 bridgehead atoms. The molecule has 102 valence electrons. The van der Waals surface area contributed by atoms with Crippen LogP contribution in [0.25, 0.3) is 0 Å². The summed E-state index contributed by atoms with van der Waals surface area (Å²) in [7, 11) is 3.27. The van der Waals surface area contributed by atoms with Gasteiger partial charge in [0.15, 0.2) is 0 Å². The molecule has 0 radical (unpaired) electrons. The first-order chi connectivity index (χ1) is 8.77. The number of hydrogen-bond donors (Lipinski definition) is 1. The Bertz CT molecular complexity index is 347. The predicted octanol–water partition coefficient (Wildman–Crippen LogP) is 2.10. The van der Waals surface area contributed by atoms with Crippen LogP contribution in [0.5, 0.6) is 5.75 Å². The van der Waals surface area contributed by atoms with E-state index in [0.717, 1.165) is 18.7 Å². The van der Waals surface area contributed by atoms with Gasteiger partial charge in [-0.3, -0.25) is 0 Å². The number of hydrogen-bond acceptors (Lipinski definition) is 4. The summed E-state index contributed by atoms with van der Waals surface area (Å²) in [6, 6.07) is 5.76. The summed E-state index contributed by atoms with van der Waals surface area (Å²) in [5.41, 5.74) is 1.12. The Morgan fingerprint density at radius 3 is 2.67 bits per heavy atom. The van der Waals surface area contributed by atoms with Gasteiger partial charge in [0.2, 0.25) is 0 Å². The van der Waals surface area contributed by atoms with Crippen molar-refractivity contribution in [2.24, 2.45) is 0 Å². The van der Waals surface area contributed by atoms with Crippen molar-refractivity contribution in [3.63, 3.8) is 0 Å². The van der Waals surface area contributed by atoms with Crippen LogP contribution in [-0.4, -0.2) is 40.6 Å². The molecule has 0 saturated heterocycles. The predicted molar refractivity (Wildman–Crippen MR) is 72.4 cm³/mol. The van der Waals surface area contributed by atoms with Gasteiger partial charge in [0, 0.05) is 20.2 Å². The smallest absolute Gasteiger partial charge is 0.137 e. The monoisotopic (exact) mass is 273 g/mol. The van der Waals surface area contributed by atoms with Gasteiger partial charge < -0.3 is 19.5 Å². The maximum absolute atomic E-state index is 6.04. The standard InChI is InChI=1S/C13H20ClNO3/c1-16-7-8-18-6-5-15-10-11-3-4-13(17-2)12(14)9-11/h3-4,9,15H,5-8,10H2,1-2H3. The largest absolute Gasteiger partial charge is 0.495 e. The van der Waals surface area contributed by atoms with Gasteiger partial charge in [0.05, 0.1) is 32.0 Å². The molecule has 0 heterocycles. The molecular weight excluding hydrogens is 254 g/mol. The Hall–Kier alpha value is -0.810. The van der Waals surface area contributed by atoms with Crippen molar-refractivity contribution in [3.8, 4) is 5.75 Å². The van der Waals surface area contributed by atoms with Crippen LogP contribution in [-0.2, 0) is 16.0 Å². The quantitative estimate of drug-likeness (QED) is 0.700. The van der Waals surface area contributed by atoms with E-state index in [0.29, 0.717) is 30.6 Å². The first kappa shape index (κ1) is 15.2. The number of halogens is 1. The molecule has 0 aromatic heterocycles. The third-order valence-corrected chi connectivity index (χ3v) is 2.70. The fourth-order valence-corrected chi connectivity index (χ4v) is 1.72. The van der Waals surface area contributed by atoms with E-state index in [1.54, 1.807) is 14.2 Å². The second-order valence-electron chi connectivity index (χ2n) is 3.75. The Morgan fingerprint density at radius 2 is 2.00 bits per heavy atom. The van der Waals surface area contributed by atoms with Crippen molar-refractivity contribution in [2.75, 3.05) is 40.6 Å². The molecule has 0 aliphatic carbocycles. The topological polar surface area (TPSA) is 39.7 Å². The molecule has 5 heteroatoms. The van der Waals surface area contributed by atoms with Crippen LogP contribution in [0.15, 0.2) is 18.2 Å². The van der Waals surface area contributed by atoms with Gasteiger partial charge in [-0.15, -0.1) is 0 Å². The second kappa shape index (κ2) is 9.16. The molecular formula is C13H20ClNO3. The van der Waals surface area contributed by atoms with Crippen LogP contribution < -0.4 is 10.1 Å². The summed E-state index contributed by atoms with van der Waals surface area (Å²) in [6.07, 6.45) is 0. The highest BCUT2D eigenvalue weighted by molar-refractivity contribution is 6.32. The first-order valence-electron chi connectivity index (χ1n) is 5.87. The molecule has 18 heavy (non-hydrogen) atoms. The Labute approximate surface area is 113 Å². The van der Waals surface area contributed by atoms with E-state index in [4.69, 9.17) is 25.8 Å². The van der Waals surface area contributed by atoms with Crippen molar-refractivity contribution in [1.82, 2.24) is 5.32 Å². The Morgan fingerprint density at radius 1 is 1.17 bits per heavy atom. The summed E-state index contributed by atoms with van der Waals surface area (Å²) in [5, 5.41) is 3.91. The lowest BCUT2D eigenvalue weighted by atomic mass is 10.2. The molecule has 0 saturated carbocycles. The highest BCUT2D eigenvalue weighted by Gasteiger charge is 2.01. The van der Waals surface area contributed by atoms with E-state index in [9.17, 15) is 0 Å². The normalized spacial score (nSPS) is 10.6. The van der Waals surface area contributed by atoms with Gasteiger partial charge in [0.1, 0.15) is 5.75 Å². The zero-order valence-electron chi connectivity index (χ0n) is 10.9. The van der Waals surface area contributed by atoms with E-state index in [2.05, 4.69) is 5.32 Å². The lowest BCUT2D eigenvalue weighted by Crippen LogP contribution is -2.20. The summed E-state index contributed by atoms with van der Waals surface area (Å²) < 4.78 is 15.3. The van der Waals surface area contributed by atoms with Crippen molar-refractivity contribution < 1.29 is 14.2 Å². The number of ether oxygens (including phenoxy) is 3. The van der Waals surface area contributed by atoms with Crippen LogP contribution in [0.3, 0.4) is 0 Å². The molecule has 0 aliphatic rings. The second-order valence-corrected chi connectivity index (χ2v) is 4.16. The zero-order chi connectivity index (χ0) is 13.2. The Kier molecular flexibility index (Phi) is 7.76. The molecule has 0 aliphatic heterocycles. The van der Waals surface area contributed by atoms with Crippen molar-refractivity contribution >= 4 is 11.6 Å². The molecule has 1 aromatic carbocycles. The van der Waals surface area contributed by atoms with E-state index < -0.39 is 0 Å². The van der Waals surface area contributed by atoms with Crippen LogP contribution in [0.1, 0.15) is 5.56 Å². The average molecular weight is 274 g/mol. The van der Waals surface area contributed by atoms with Gasteiger partial charge in [0.25, 0.3) is 0 Å². The van der Waals surface area contributed by atoms with Crippen LogP contribution in [0, 0.1) is 0 Å². The lowest BCUT2D eigenvalue weighted by Gasteiger charge is -2.08. The molecule has 0 atom stereocenters. The molecule has 0 unspecified atom stereocenters. The molecule has 0 spiro atoms. The fourth-order valence-electron chi connectivity index (χ4n) is 1.44. The van der Waals surface area contributed by atoms with Gasteiger partial charge in [-0.25, -0.2) is 0 Å². The summed E-state index contributed by atoms with van der Waals surface area (Å²) in [5.74, 6) is 0.698. The molecule has 4 nitrogen and oxygen atoms in total.